The average Bonchev–Trinajstić information content (AvgIpc) is 2.76. The molecule has 2 heterocycles. The quantitative estimate of drug-likeness (QED) is 0.774. The number of ether oxygens (including phenoxy) is 1. The first-order valence-corrected chi connectivity index (χ1v) is 10.6. The van der Waals surface area contributed by atoms with Crippen LogP contribution in [0.25, 0.3) is 0 Å². The van der Waals surface area contributed by atoms with Gasteiger partial charge in [-0.05, 0) is 42.4 Å². The van der Waals surface area contributed by atoms with E-state index in [2.05, 4.69) is 11.1 Å². The van der Waals surface area contributed by atoms with Crippen molar-refractivity contribution in [1.29, 1.82) is 0 Å². The molecule has 0 N–H and O–H groups in total. The van der Waals surface area contributed by atoms with Gasteiger partial charge in [-0.2, -0.15) is 0 Å². The monoisotopic (exact) mass is 390 g/mol. The van der Waals surface area contributed by atoms with E-state index in [0.717, 1.165) is 29.7 Å². The van der Waals surface area contributed by atoms with Gasteiger partial charge in [-0.1, -0.05) is 43.3 Å². The highest BCUT2D eigenvalue weighted by Gasteiger charge is 2.61. The van der Waals surface area contributed by atoms with E-state index >= 15 is 0 Å². The standard InChI is InChI=1S/C24H26N2O3/c1-16-14-24-19(18(22(16)27)13-21-20(24)9-5-11-25-21)10-6-12-26(24)23(28)29-15-17-7-3-2-4-8-17/h2-5,7-9,11,16,18-19H,6,10,12-15H2,1H3/t16-,18-,19+,24+/m0/s1. The molecule has 0 spiro atoms. The fourth-order valence-corrected chi connectivity index (χ4v) is 5.99. The molecule has 1 amide bonds. The molecule has 2 bridgehead atoms. The lowest BCUT2D eigenvalue weighted by atomic mass is 9.53. The zero-order valence-corrected chi connectivity index (χ0v) is 16.7. The highest BCUT2D eigenvalue weighted by molar-refractivity contribution is 5.86. The number of piperidine rings is 1. The van der Waals surface area contributed by atoms with Gasteiger partial charge >= 0.3 is 6.09 Å². The largest absolute Gasteiger partial charge is 0.445 e. The number of aromatic nitrogens is 1. The van der Waals surface area contributed by atoms with Crippen molar-refractivity contribution < 1.29 is 14.3 Å². The maximum absolute atomic E-state index is 13.3. The predicted octanol–water partition coefficient (Wildman–Crippen LogP) is 4.11. The highest BCUT2D eigenvalue weighted by Crippen LogP contribution is 2.57. The number of likely N-dealkylation sites (tertiary alicyclic amines) is 1. The molecule has 2 aliphatic carbocycles. The molecular formula is C24H26N2O3. The second-order valence-electron chi connectivity index (χ2n) is 8.68. The lowest BCUT2D eigenvalue weighted by Gasteiger charge is -2.60. The number of carbonyl (C=O) groups excluding carboxylic acids is 2. The van der Waals surface area contributed by atoms with Crippen molar-refractivity contribution in [3.05, 3.63) is 65.5 Å². The molecule has 2 aromatic rings. The molecule has 1 saturated carbocycles. The van der Waals surface area contributed by atoms with Gasteiger partial charge < -0.3 is 4.74 Å². The molecule has 1 aromatic carbocycles. The van der Waals surface area contributed by atoms with Gasteiger partial charge in [0.05, 0.1) is 5.54 Å². The first kappa shape index (κ1) is 18.3. The molecule has 150 valence electrons. The number of carbonyl (C=O) groups is 2. The molecule has 5 nitrogen and oxygen atoms in total. The zero-order valence-electron chi connectivity index (χ0n) is 16.7. The summed E-state index contributed by atoms with van der Waals surface area (Å²) in [5.41, 5.74) is 2.59. The molecule has 3 aliphatic rings. The molecule has 5 heteroatoms. The summed E-state index contributed by atoms with van der Waals surface area (Å²) in [6, 6.07) is 13.8. The van der Waals surface area contributed by atoms with Crippen LogP contribution in [-0.2, 0) is 28.1 Å². The van der Waals surface area contributed by atoms with Crippen molar-refractivity contribution >= 4 is 11.9 Å². The van der Waals surface area contributed by atoms with Crippen molar-refractivity contribution in [3.8, 4) is 0 Å². The number of ketones is 1. The summed E-state index contributed by atoms with van der Waals surface area (Å²) in [5.74, 6) is 0.375. The third kappa shape index (κ3) is 2.78. The van der Waals surface area contributed by atoms with Crippen LogP contribution in [0.1, 0.15) is 43.0 Å². The zero-order chi connectivity index (χ0) is 20.0. The van der Waals surface area contributed by atoms with Crippen LogP contribution >= 0.6 is 0 Å². The number of hydrogen-bond acceptors (Lipinski definition) is 4. The van der Waals surface area contributed by atoms with E-state index < -0.39 is 5.54 Å². The number of nitrogens with zero attached hydrogens (tertiary/aromatic N) is 2. The van der Waals surface area contributed by atoms with Crippen LogP contribution in [0, 0.1) is 17.8 Å². The van der Waals surface area contributed by atoms with Crippen molar-refractivity contribution in [1.82, 2.24) is 9.88 Å². The number of rotatable bonds is 2. The van der Waals surface area contributed by atoms with Crippen LogP contribution in [0.3, 0.4) is 0 Å². The first-order valence-electron chi connectivity index (χ1n) is 10.6. The number of Topliss-reactive ketones (excluding diaryl/α,β-unsaturated/α-hetero) is 1. The SMILES string of the molecule is C[C@H]1C[C@]23c4cccnc4C[C@H](C1=O)[C@H]2CCCN3C(=O)OCc1ccccc1. The topological polar surface area (TPSA) is 59.5 Å². The third-order valence-corrected chi connectivity index (χ3v) is 7.14. The van der Waals surface area contributed by atoms with Crippen LogP contribution in [0.5, 0.6) is 0 Å². The Hall–Kier alpha value is -2.69. The number of pyridine rings is 1. The van der Waals surface area contributed by atoms with Gasteiger partial charge in [0, 0.05) is 36.7 Å². The van der Waals surface area contributed by atoms with Crippen molar-refractivity contribution in [2.75, 3.05) is 6.54 Å². The van der Waals surface area contributed by atoms with E-state index in [1.165, 1.54) is 0 Å². The molecule has 2 fully saturated rings. The van der Waals surface area contributed by atoms with Crippen molar-refractivity contribution in [2.45, 2.75) is 44.8 Å². The Kier molecular flexibility index (Phi) is 4.41. The van der Waals surface area contributed by atoms with E-state index in [-0.39, 0.29) is 30.5 Å². The van der Waals surface area contributed by atoms with Gasteiger partial charge in [-0.25, -0.2) is 4.79 Å². The Balaban J connectivity index is 1.53. The van der Waals surface area contributed by atoms with Gasteiger partial charge in [-0.3, -0.25) is 14.7 Å². The molecule has 1 aromatic heterocycles. The van der Waals surface area contributed by atoms with Crippen LogP contribution in [0.2, 0.25) is 0 Å². The minimum Gasteiger partial charge on any atom is -0.445 e. The van der Waals surface area contributed by atoms with Gasteiger partial charge in [0.25, 0.3) is 0 Å². The lowest BCUT2D eigenvalue weighted by Crippen LogP contribution is -2.65. The fourth-order valence-electron chi connectivity index (χ4n) is 5.99. The van der Waals surface area contributed by atoms with Crippen LogP contribution < -0.4 is 0 Å². The second-order valence-corrected chi connectivity index (χ2v) is 8.68. The summed E-state index contributed by atoms with van der Waals surface area (Å²) in [6.45, 7) is 2.93. The van der Waals surface area contributed by atoms with E-state index in [1.807, 2.05) is 48.2 Å². The van der Waals surface area contributed by atoms with Gasteiger partial charge in [0.1, 0.15) is 12.4 Å². The minimum atomic E-state index is -0.480. The predicted molar refractivity (Wildman–Crippen MR) is 108 cm³/mol. The van der Waals surface area contributed by atoms with E-state index in [4.69, 9.17) is 4.74 Å². The fraction of sp³-hybridized carbons (Fsp3) is 0.458. The molecule has 1 saturated heterocycles. The maximum atomic E-state index is 13.3. The maximum Gasteiger partial charge on any atom is 0.410 e. The number of amides is 1. The van der Waals surface area contributed by atoms with Crippen LogP contribution in [0.4, 0.5) is 4.79 Å². The van der Waals surface area contributed by atoms with Crippen molar-refractivity contribution in [2.24, 2.45) is 17.8 Å². The molecule has 0 radical (unpaired) electrons. The molecule has 0 unspecified atom stereocenters. The second kappa shape index (κ2) is 6.97. The Morgan fingerprint density at radius 1 is 1.24 bits per heavy atom. The third-order valence-electron chi connectivity index (χ3n) is 7.14. The minimum absolute atomic E-state index is 0.0501. The summed E-state index contributed by atoms with van der Waals surface area (Å²) in [5, 5.41) is 0. The lowest BCUT2D eigenvalue weighted by molar-refractivity contribution is -0.146. The van der Waals surface area contributed by atoms with E-state index in [1.54, 1.807) is 6.20 Å². The molecular weight excluding hydrogens is 364 g/mol. The molecule has 5 rings (SSSR count). The Morgan fingerprint density at radius 2 is 2.07 bits per heavy atom. The normalized spacial score (nSPS) is 30.3. The smallest absolute Gasteiger partial charge is 0.410 e. The van der Waals surface area contributed by atoms with E-state index in [0.29, 0.717) is 25.2 Å². The van der Waals surface area contributed by atoms with E-state index in [9.17, 15) is 9.59 Å². The summed E-state index contributed by atoms with van der Waals surface area (Å²) in [6.07, 6.45) is 4.74. The van der Waals surface area contributed by atoms with Crippen LogP contribution in [0.15, 0.2) is 48.7 Å². The van der Waals surface area contributed by atoms with Crippen LogP contribution in [-0.4, -0.2) is 28.3 Å². The number of hydrogen-bond donors (Lipinski definition) is 0. The van der Waals surface area contributed by atoms with Gasteiger partial charge in [0.15, 0.2) is 0 Å². The number of benzene rings is 1. The summed E-state index contributed by atoms with van der Waals surface area (Å²) < 4.78 is 5.76. The average molecular weight is 390 g/mol. The summed E-state index contributed by atoms with van der Waals surface area (Å²) in [7, 11) is 0. The highest BCUT2D eigenvalue weighted by atomic mass is 16.6. The summed E-state index contributed by atoms with van der Waals surface area (Å²) in [4.78, 5) is 32.9. The summed E-state index contributed by atoms with van der Waals surface area (Å²) >= 11 is 0. The Bertz CT molecular complexity index is 944. The number of fused-ring (bicyclic) bond motifs is 1. The molecule has 1 aliphatic heterocycles. The first-order chi connectivity index (χ1) is 14.1. The molecule has 4 atom stereocenters. The molecule has 29 heavy (non-hydrogen) atoms. The van der Waals surface area contributed by atoms with Gasteiger partial charge in [-0.15, -0.1) is 0 Å². The van der Waals surface area contributed by atoms with Crippen molar-refractivity contribution in [3.63, 3.8) is 0 Å². The Labute approximate surface area is 171 Å². The Morgan fingerprint density at radius 3 is 2.90 bits per heavy atom. The van der Waals surface area contributed by atoms with Gasteiger partial charge in [0.2, 0.25) is 0 Å².